The topological polar surface area (TPSA) is 28.2 Å². The Morgan fingerprint density at radius 2 is 0.870 bits per heavy atom. The lowest BCUT2D eigenvalue weighted by atomic mass is 9.33. The van der Waals surface area contributed by atoms with Gasteiger partial charge in [-0.1, -0.05) is 176 Å². The minimum atomic E-state index is -0.586. The van der Waals surface area contributed by atoms with Crippen molar-refractivity contribution >= 4 is 86.9 Å². The van der Waals surface area contributed by atoms with Gasteiger partial charge in [-0.3, -0.25) is 0 Å². The molecule has 398 valence electrons. The Bertz CT molecular complexity index is 3200. The molecule has 3 aliphatic rings. The van der Waals surface area contributed by atoms with Crippen LogP contribution in [-0.2, 0) is 37.4 Å². The van der Waals surface area contributed by atoms with Crippen molar-refractivity contribution < 1.29 is 9.31 Å². The van der Waals surface area contributed by atoms with Crippen molar-refractivity contribution in [1.29, 1.82) is 0 Å². The number of hydrogen-bond acceptors (Lipinski definition) is 5. The molecule has 7 aromatic rings. The van der Waals surface area contributed by atoms with Crippen molar-refractivity contribution in [2.75, 3.05) is 14.7 Å². The van der Waals surface area contributed by atoms with E-state index in [2.05, 4.69) is 278 Å². The molecular weight excluding hydrogens is 936 g/mol. The lowest BCUT2D eigenvalue weighted by Crippen LogP contribution is -2.62. The number of fused-ring (bicyclic) bond motifs is 4. The molecule has 7 aromatic carbocycles. The molecule has 5 nitrogen and oxygen atoms in total. The van der Waals surface area contributed by atoms with Crippen LogP contribution in [0.3, 0.4) is 0 Å². The second kappa shape index (κ2) is 19.7. The Balaban J connectivity index is 1.27. The van der Waals surface area contributed by atoms with Gasteiger partial charge in [-0.05, 0) is 191 Å². The molecule has 0 N–H and O–H groups in total. The highest BCUT2D eigenvalue weighted by atomic mass is 16.7. The van der Waals surface area contributed by atoms with E-state index in [-0.39, 0.29) is 28.4 Å². The van der Waals surface area contributed by atoms with Crippen molar-refractivity contribution in [3.05, 3.63) is 173 Å². The zero-order valence-corrected chi connectivity index (χ0v) is 49.7. The Labute approximate surface area is 464 Å². The van der Waals surface area contributed by atoms with Gasteiger partial charge in [0, 0.05) is 51.2 Å². The van der Waals surface area contributed by atoms with Crippen LogP contribution >= 0.6 is 0 Å². The number of unbranched alkanes of at least 4 members (excludes halogenated alkanes) is 3. The minimum Gasteiger partial charge on any atom is -0.399 e. The molecule has 0 aliphatic carbocycles. The highest BCUT2D eigenvalue weighted by molar-refractivity contribution is 7.00. The standard InChI is InChI=1S/C70H85B2N3O2/c1-18-19-20-21-22-47-23-32-55(33-24-47)75-61-46-57(73(53-34-25-48(26-35-53)65(2,3)4)54-36-27-49(28-37-54)66(5,6)7)40-41-58(61)71-59-43-51(68(11,12)13)31-42-60(59)74(56-38-29-50(30-39-56)67(8,9)10)62-44-52(45-63(75)64(62)71)72-76-69(14,15)70(16,17)77-72/h23-46H,18-22H2,1-17H3. The number of rotatable bonds is 11. The third-order valence-corrected chi connectivity index (χ3v) is 17.2. The quantitative estimate of drug-likeness (QED) is 0.0951. The zero-order valence-electron chi connectivity index (χ0n) is 49.7. The van der Waals surface area contributed by atoms with Gasteiger partial charge in [0.15, 0.2) is 0 Å². The van der Waals surface area contributed by atoms with E-state index in [9.17, 15) is 0 Å². The van der Waals surface area contributed by atoms with Crippen LogP contribution in [0.25, 0.3) is 0 Å². The molecule has 1 saturated heterocycles. The molecule has 7 heteroatoms. The average Bonchev–Trinajstić information content (AvgIpc) is 3.64. The number of anilines is 9. The number of aryl methyl sites for hydroxylation is 1. The summed E-state index contributed by atoms with van der Waals surface area (Å²) < 4.78 is 14.0. The predicted molar refractivity (Wildman–Crippen MR) is 334 cm³/mol. The average molecular weight is 1020 g/mol. The summed E-state index contributed by atoms with van der Waals surface area (Å²) in [5, 5.41) is 0. The third kappa shape index (κ3) is 10.3. The summed E-state index contributed by atoms with van der Waals surface area (Å²) in [5.41, 5.74) is 20.6. The zero-order chi connectivity index (χ0) is 55.2. The Hall–Kier alpha value is -6.01. The fourth-order valence-electron chi connectivity index (χ4n) is 11.6. The normalized spacial score (nSPS) is 15.9. The van der Waals surface area contributed by atoms with Gasteiger partial charge in [-0.15, -0.1) is 0 Å². The minimum absolute atomic E-state index is 0.0103. The van der Waals surface area contributed by atoms with Crippen LogP contribution in [0, 0.1) is 0 Å². The fourth-order valence-corrected chi connectivity index (χ4v) is 11.6. The highest BCUT2D eigenvalue weighted by Gasteiger charge is 2.53. The van der Waals surface area contributed by atoms with Gasteiger partial charge in [0.25, 0.3) is 6.71 Å². The molecule has 0 spiro atoms. The maximum Gasteiger partial charge on any atom is 0.494 e. The molecule has 0 bridgehead atoms. The van der Waals surface area contributed by atoms with Crippen molar-refractivity contribution in [1.82, 2.24) is 0 Å². The summed E-state index contributed by atoms with van der Waals surface area (Å²) >= 11 is 0. The molecule has 1 fully saturated rings. The van der Waals surface area contributed by atoms with E-state index >= 15 is 0 Å². The molecule has 0 aromatic heterocycles. The molecule has 0 saturated carbocycles. The van der Waals surface area contributed by atoms with Crippen molar-refractivity contribution in [3.8, 4) is 0 Å². The summed E-state index contributed by atoms with van der Waals surface area (Å²) in [4.78, 5) is 7.54. The second-order valence-electron chi connectivity index (χ2n) is 27.6. The molecule has 0 amide bonds. The van der Waals surface area contributed by atoms with E-state index in [1.165, 1.54) is 75.6 Å². The molecule has 10 rings (SSSR count). The number of nitrogens with zero attached hydrogens (tertiary/aromatic N) is 3. The smallest absolute Gasteiger partial charge is 0.399 e. The molecule has 77 heavy (non-hydrogen) atoms. The van der Waals surface area contributed by atoms with E-state index in [0.717, 1.165) is 57.4 Å². The van der Waals surface area contributed by atoms with Crippen molar-refractivity contribution in [3.63, 3.8) is 0 Å². The van der Waals surface area contributed by atoms with Gasteiger partial charge in [0.2, 0.25) is 0 Å². The number of hydrogen-bond donors (Lipinski definition) is 0. The monoisotopic (exact) mass is 1020 g/mol. The van der Waals surface area contributed by atoms with Crippen LogP contribution in [0.5, 0.6) is 0 Å². The van der Waals surface area contributed by atoms with Crippen LogP contribution < -0.4 is 36.6 Å². The van der Waals surface area contributed by atoms with E-state index in [4.69, 9.17) is 9.31 Å². The van der Waals surface area contributed by atoms with Crippen LogP contribution in [-0.4, -0.2) is 25.0 Å². The lowest BCUT2D eigenvalue weighted by Gasteiger charge is -2.45. The SMILES string of the molecule is CCCCCCc1ccc(N2c3cc(N(c4ccc(C(C)(C)C)cc4)c4ccc(C(C)(C)C)cc4)ccc3B3c4cc(C(C)(C)C)ccc4N(c4ccc(C(C)(C)C)cc4)c4cc(B5OC(C)(C)C(C)(C)O5)cc2c43)cc1. The molecule has 3 heterocycles. The Morgan fingerprint density at radius 1 is 0.429 bits per heavy atom. The van der Waals surface area contributed by atoms with E-state index in [0.29, 0.717) is 0 Å². The summed E-state index contributed by atoms with van der Waals surface area (Å²) in [6, 6.07) is 56.6. The molecule has 0 unspecified atom stereocenters. The van der Waals surface area contributed by atoms with E-state index in [1.54, 1.807) is 0 Å². The van der Waals surface area contributed by atoms with Crippen LogP contribution in [0.15, 0.2) is 146 Å². The number of benzene rings is 7. The van der Waals surface area contributed by atoms with E-state index < -0.39 is 18.3 Å². The lowest BCUT2D eigenvalue weighted by molar-refractivity contribution is 0.00578. The Morgan fingerprint density at radius 3 is 1.35 bits per heavy atom. The molecule has 3 aliphatic heterocycles. The maximum atomic E-state index is 7.02. The van der Waals surface area contributed by atoms with Crippen molar-refractivity contribution in [2.24, 2.45) is 0 Å². The van der Waals surface area contributed by atoms with Crippen molar-refractivity contribution in [2.45, 2.75) is 183 Å². The van der Waals surface area contributed by atoms with Gasteiger partial charge in [0.1, 0.15) is 0 Å². The van der Waals surface area contributed by atoms with Gasteiger partial charge in [-0.2, -0.15) is 0 Å². The first kappa shape index (κ1) is 54.3. The summed E-state index contributed by atoms with van der Waals surface area (Å²) in [5.74, 6) is 0. The highest BCUT2D eigenvalue weighted by Crippen LogP contribution is 2.48. The summed E-state index contributed by atoms with van der Waals surface area (Å²) in [6.07, 6.45) is 6.02. The summed E-state index contributed by atoms with van der Waals surface area (Å²) in [6.45, 7) is 38.5. The first-order chi connectivity index (χ1) is 36.1. The second-order valence-corrected chi connectivity index (χ2v) is 27.6. The molecule has 0 atom stereocenters. The van der Waals surface area contributed by atoms with Gasteiger partial charge < -0.3 is 24.0 Å². The Kier molecular flexibility index (Phi) is 13.9. The van der Waals surface area contributed by atoms with Gasteiger partial charge in [0.05, 0.1) is 11.2 Å². The third-order valence-electron chi connectivity index (χ3n) is 17.2. The largest absolute Gasteiger partial charge is 0.494 e. The predicted octanol–water partition coefficient (Wildman–Crippen LogP) is 16.9. The fraction of sp³-hybridized carbons (Fsp3) is 0.400. The molecule has 0 radical (unpaired) electrons. The van der Waals surface area contributed by atoms with Crippen LogP contribution in [0.1, 0.15) is 171 Å². The maximum absolute atomic E-state index is 7.02. The van der Waals surface area contributed by atoms with E-state index in [1.807, 2.05) is 0 Å². The first-order valence-corrected chi connectivity index (χ1v) is 28.8. The summed E-state index contributed by atoms with van der Waals surface area (Å²) in [7, 11) is -0.586. The van der Waals surface area contributed by atoms with Gasteiger partial charge in [-0.25, -0.2) is 0 Å². The van der Waals surface area contributed by atoms with Crippen LogP contribution in [0.2, 0.25) is 0 Å². The first-order valence-electron chi connectivity index (χ1n) is 28.8. The van der Waals surface area contributed by atoms with Crippen LogP contribution in [0.4, 0.5) is 51.2 Å². The van der Waals surface area contributed by atoms with Gasteiger partial charge >= 0.3 is 7.12 Å². The molecular formula is C70H85B2N3O2.